The molecule has 1 atom stereocenters. The van der Waals surface area contributed by atoms with E-state index in [1.54, 1.807) is 0 Å². The van der Waals surface area contributed by atoms with E-state index in [9.17, 15) is 8.42 Å². The van der Waals surface area contributed by atoms with Crippen LogP contribution in [0.1, 0.15) is 39.0 Å². The molecule has 1 aliphatic heterocycles. The van der Waals surface area contributed by atoms with Crippen LogP contribution in [0.15, 0.2) is 0 Å². The van der Waals surface area contributed by atoms with E-state index >= 15 is 0 Å². The number of hydrogen-bond acceptors (Lipinski definition) is 3. The number of nitrogens with one attached hydrogen (secondary N) is 1. The maximum atomic E-state index is 12.0. The average molecular weight is 274 g/mol. The second-order valence-corrected chi connectivity index (χ2v) is 8.40. The third kappa shape index (κ3) is 3.93. The molecule has 0 amide bonds. The van der Waals surface area contributed by atoms with Gasteiger partial charge in [-0.3, -0.25) is 0 Å². The predicted octanol–water partition coefficient (Wildman–Crippen LogP) is 1.44. The smallest absolute Gasteiger partial charge is 0.211 e. The highest BCUT2D eigenvalue weighted by Gasteiger charge is 2.33. The summed E-state index contributed by atoms with van der Waals surface area (Å²) in [5.74, 6) is 0.723. The van der Waals surface area contributed by atoms with Crippen LogP contribution in [0.4, 0.5) is 0 Å². The highest BCUT2D eigenvalue weighted by atomic mass is 32.2. The molecule has 18 heavy (non-hydrogen) atoms. The summed E-state index contributed by atoms with van der Waals surface area (Å²) in [7, 11) is -0.981. The van der Waals surface area contributed by atoms with Gasteiger partial charge in [-0.15, -0.1) is 0 Å². The lowest BCUT2D eigenvalue weighted by molar-refractivity contribution is 0.309. The highest BCUT2D eigenvalue weighted by Crippen LogP contribution is 2.29. The van der Waals surface area contributed by atoms with Gasteiger partial charge in [-0.05, 0) is 44.2 Å². The van der Waals surface area contributed by atoms with E-state index in [1.807, 2.05) is 0 Å². The molecule has 1 saturated carbocycles. The van der Waals surface area contributed by atoms with Gasteiger partial charge in [0.1, 0.15) is 0 Å². The Bertz CT molecular complexity index is 376. The summed E-state index contributed by atoms with van der Waals surface area (Å²) >= 11 is 0. The maximum Gasteiger partial charge on any atom is 0.211 e. The zero-order chi connectivity index (χ0) is 13.2. The first-order valence-electron chi connectivity index (χ1n) is 7.04. The Labute approximate surface area is 111 Å². The minimum atomic E-state index is -3.08. The molecule has 1 aliphatic carbocycles. The SMILES string of the molecule is CN1CCC(C)(CNS(=O)(=O)CC2CCCC2)C1. The van der Waals surface area contributed by atoms with E-state index in [2.05, 4.69) is 23.6 Å². The van der Waals surface area contributed by atoms with Gasteiger partial charge in [0.25, 0.3) is 0 Å². The van der Waals surface area contributed by atoms with Gasteiger partial charge in [0.2, 0.25) is 10.0 Å². The van der Waals surface area contributed by atoms with Gasteiger partial charge in [-0.25, -0.2) is 13.1 Å². The molecule has 0 spiro atoms. The monoisotopic (exact) mass is 274 g/mol. The minimum Gasteiger partial charge on any atom is -0.306 e. The molecule has 1 saturated heterocycles. The van der Waals surface area contributed by atoms with E-state index in [0.717, 1.165) is 32.4 Å². The maximum absolute atomic E-state index is 12.0. The van der Waals surface area contributed by atoms with Crippen LogP contribution < -0.4 is 4.72 Å². The van der Waals surface area contributed by atoms with Crippen LogP contribution in [0.5, 0.6) is 0 Å². The number of nitrogens with zero attached hydrogens (tertiary/aromatic N) is 1. The molecule has 2 fully saturated rings. The summed E-state index contributed by atoms with van der Waals surface area (Å²) < 4.78 is 26.9. The predicted molar refractivity (Wildman–Crippen MR) is 74.0 cm³/mol. The average Bonchev–Trinajstić information content (AvgIpc) is 2.87. The van der Waals surface area contributed by atoms with E-state index in [0.29, 0.717) is 18.2 Å². The van der Waals surface area contributed by atoms with Gasteiger partial charge in [0.05, 0.1) is 5.75 Å². The van der Waals surface area contributed by atoms with Gasteiger partial charge in [0.15, 0.2) is 0 Å². The number of likely N-dealkylation sites (tertiary alicyclic amines) is 1. The summed E-state index contributed by atoms with van der Waals surface area (Å²) in [4.78, 5) is 2.27. The van der Waals surface area contributed by atoms with Gasteiger partial charge < -0.3 is 4.90 Å². The van der Waals surface area contributed by atoms with Crippen molar-refractivity contribution in [3.05, 3.63) is 0 Å². The molecule has 0 aromatic carbocycles. The van der Waals surface area contributed by atoms with Crippen molar-refractivity contribution in [3.8, 4) is 0 Å². The molecule has 0 aromatic heterocycles. The van der Waals surface area contributed by atoms with E-state index in [4.69, 9.17) is 0 Å². The zero-order valence-electron chi connectivity index (χ0n) is 11.6. The first-order valence-corrected chi connectivity index (χ1v) is 8.70. The molecule has 2 rings (SSSR count). The van der Waals surface area contributed by atoms with Crippen molar-refractivity contribution in [3.63, 3.8) is 0 Å². The summed E-state index contributed by atoms with van der Waals surface area (Å²) in [5.41, 5.74) is 0.109. The van der Waals surface area contributed by atoms with Gasteiger partial charge in [-0.1, -0.05) is 19.8 Å². The Morgan fingerprint density at radius 1 is 1.33 bits per heavy atom. The van der Waals surface area contributed by atoms with Crippen LogP contribution in [0.2, 0.25) is 0 Å². The Morgan fingerprint density at radius 3 is 2.56 bits per heavy atom. The third-order valence-electron chi connectivity index (χ3n) is 4.40. The van der Waals surface area contributed by atoms with Crippen LogP contribution in [0, 0.1) is 11.3 Å². The molecular formula is C13H26N2O2S. The molecular weight excluding hydrogens is 248 g/mol. The molecule has 2 aliphatic rings. The third-order valence-corrected chi connectivity index (χ3v) is 5.89. The van der Waals surface area contributed by atoms with Gasteiger partial charge >= 0.3 is 0 Å². The quantitative estimate of drug-likeness (QED) is 0.825. The fourth-order valence-electron chi connectivity index (χ4n) is 3.25. The Hall–Kier alpha value is -0.130. The number of rotatable bonds is 5. The standard InChI is InChI=1S/C13H26N2O2S/c1-13(7-8-15(2)11-13)10-14-18(16,17)9-12-5-3-4-6-12/h12,14H,3-11H2,1-2H3. The molecule has 0 radical (unpaired) electrons. The van der Waals surface area contributed by atoms with Crippen molar-refractivity contribution in [1.29, 1.82) is 0 Å². The summed E-state index contributed by atoms with van der Waals surface area (Å²) in [6.45, 7) is 4.82. The molecule has 0 bridgehead atoms. The zero-order valence-corrected chi connectivity index (χ0v) is 12.4. The molecule has 0 aromatic rings. The van der Waals surface area contributed by atoms with Crippen molar-refractivity contribution in [2.24, 2.45) is 11.3 Å². The fourth-order valence-corrected chi connectivity index (χ4v) is 4.89. The fraction of sp³-hybridized carbons (Fsp3) is 1.00. The first kappa shape index (κ1) is 14.3. The van der Waals surface area contributed by atoms with E-state index < -0.39 is 10.0 Å². The minimum absolute atomic E-state index is 0.109. The normalized spacial score (nSPS) is 31.2. The van der Waals surface area contributed by atoms with Crippen molar-refractivity contribution in [1.82, 2.24) is 9.62 Å². The second kappa shape index (κ2) is 5.47. The van der Waals surface area contributed by atoms with Crippen molar-refractivity contribution >= 4 is 10.0 Å². The highest BCUT2D eigenvalue weighted by molar-refractivity contribution is 7.89. The molecule has 5 heteroatoms. The second-order valence-electron chi connectivity index (χ2n) is 6.55. The topological polar surface area (TPSA) is 49.4 Å². The molecule has 4 nitrogen and oxygen atoms in total. The Kier molecular flexibility index (Phi) is 4.34. The van der Waals surface area contributed by atoms with Crippen molar-refractivity contribution in [2.45, 2.75) is 39.0 Å². The Balaban J connectivity index is 1.81. The molecule has 1 heterocycles. The molecule has 106 valence electrons. The lowest BCUT2D eigenvalue weighted by Gasteiger charge is -2.24. The van der Waals surface area contributed by atoms with Crippen molar-refractivity contribution < 1.29 is 8.42 Å². The van der Waals surface area contributed by atoms with E-state index in [1.165, 1.54) is 12.8 Å². The van der Waals surface area contributed by atoms with Crippen LogP contribution >= 0.6 is 0 Å². The van der Waals surface area contributed by atoms with E-state index in [-0.39, 0.29) is 5.41 Å². The van der Waals surface area contributed by atoms with Gasteiger partial charge in [-0.2, -0.15) is 0 Å². The largest absolute Gasteiger partial charge is 0.306 e. The Morgan fingerprint density at radius 2 is 2.00 bits per heavy atom. The summed E-state index contributed by atoms with van der Waals surface area (Å²) in [6.07, 6.45) is 5.64. The van der Waals surface area contributed by atoms with Crippen LogP contribution in [-0.4, -0.2) is 45.8 Å². The van der Waals surface area contributed by atoms with Crippen LogP contribution in [0.25, 0.3) is 0 Å². The number of hydrogen-bond donors (Lipinski definition) is 1. The molecule has 1 N–H and O–H groups in total. The lowest BCUT2D eigenvalue weighted by atomic mass is 9.90. The van der Waals surface area contributed by atoms with Gasteiger partial charge in [0, 0.05) is 13.1 Å². The summed E-state index contributed by atoms with van der Waals surface area (Å²) in [5, 5.41) is 0. The van der Waals surface area contributed by atoms with Crippen LogP contribution in [-0.2, 0) is 10.0 Å². The summed E-state index contributed by atoms with van der Waals surface area (Å²) in [6, 6.07) is 0. The van der Waals surface area contributed by atoms with Crippen LogP contribution in [0.3, 0.4) is 0 Å². The molecule has 1 unspecified atom stereocenters. The lowest BCUT2D eigenvalue weighted by Crippen LogP contribution is -2.39. The van der Waals surface area contributed by atoms with Crippen molar-refractivity contribution in [2.75, 3.05) is 32.4 Å². The first-order chi connectivity index (χ1) is 8.39. The number of sulfonamides is 1.